The molecule has 1 saturated carbocycles. The number of rotatable bonds is 5. The van der Waals surface area contributed by atoms with Crippen molar-refractivity contribution in [3.8, 4) is 6.01 Å². The Morgan fingerprint density at radius 1 is 1.17 bits per heavy atom. The Labute approximate surface area is 132 Å². The van der Waals surface area contributed by atoms with Crippen LogP contribution in [-0.2, 0) is 10.0 Å². The first-order valence-corrected chi connectivity index (χ1v) is 8.57. The normalized spacial score (nSPS) is 22.0. The lowest BCUT2D eigenvalue weighted by Gasteiger charge is -2.28. The smallest absolute Gasteiger partial charge is 0.316 e. The molecular formula is C13H15FN4O4S. The maximum Gasteiger partial charge on any atom is 0.316 e. The third-order valence-electron chi connectivity index (χ3n) is 3.58. The molecular weight excluding hydrogens is 327 g/mol. The molecule has 0 aromatic carbocycles. The highest BCUT2D eigenvalue weighted by Crippen LogP contribution is 2.23. The number of nitrogens with zero attached hydrogens (tertiary/aromatic N) is 3. The number of ether oxygens (including phenoxy) is 1. The van der Waals surface area contributed by atoms with Crippen LogP contribution in [-0.4, -0.2) is 35.7 Å². The van der Waals surface area contributed by atoms with Crippen molar-refractivity contribution in [1.82, 2.24) is 19.8 Å². The van der Waals surface area contributed by atoms with E-state index in [9.17, 15) is 12.8 Å². The van der Waals surface area contributed by atoms with Gasteiger partial charge in [-0.3, -0.25) is 0 Å². The summed E-state index contributed by atoms with van der Waals surface area (Å²) >= 11 is 0. The van der Waals surface area contributed by atoms with Crippen LogP contribution in [0.3, 0.4) is 0 Å². The van der Waals surface area contributed by atoms with E-state index in [2.05, 4.69) is 24.4 Å². The van der Waals surface area contributed by atoms with Gasteiger partial charge in [0.25, 0.3) is 0 Å². The van der Waals surface area contributed by atoms with Crippen molar-refractivity contribution in [3.63, 3.8) is 0 Å². The van der Waals surface area contributed by atoms with E-state index in [1.807, 2.05) is 0 Å². The summed E-state index contributed by atoms with van der Waals surface area (Å²) in [6.45, 7) is 0. The predicted octanol–water partition coefficient (Wildman–Crippen LogP) is 1.27. The summed E-state index contributed by atoms with van der Waals surface area (Å²) in [5.74, 6) is -0.524. The number of hydrogen-bond donors (Lipinski definition) is 1. The Balaban J connectivity index is 1.51. The van der Waals surface area contributed by atoms with E-state index in [1.165, 1.54) is 0 Å². The third kappa shape index (κ3) is 4.02. The second kappa shape index (κ2) is 6.59. The third-order valence-corrected chi connectivity index (χ3v) is 5.05. The van der Waals surface area contributed by atoms with Crippen LogP contribution in [0.2, 0.25) is 0 Å². The van der Waals surface area contributed by atoms with Gasteiger partial charge in [0.2, 0.25) is 10.0 Å². The van der Waals surface area contributed by atoms with E-state index in [-0.39, 0.29) is 23.1 Å². The Morgan fingerprint density at radius 3 is 2.48 bits per heavy atom. The van der Waals surface area contributed by atoms with Crippen molar-refractivity contribution in [2.24, 2.45) is 0 Å². The minimum atomic E-state index is -3.61. The number of hydrogen-bond acceptors (Lipinski definition) is 7. The van der Waals surface area contributed by atoms with Gasteiger partial charge >= 0.3 is 6.01 Å². The zero-order valence-electron chi connectivity index (χ0n) is 12.1. The van der Waals surface area contributed by atoms with Crippen LogP contribution < -0.4 is 9.46 Å². The van der Waals surface area contributed by atoms with Gasteiger partial charge < -0.3 is 9.26 Å². The monoisotopic (exact) mass is 342 g/mol. The fourth-order valence-electron chi connectivity index (χ4n) is 2.42. The number of nitrogens with one attached hydrogen (secondary N) is 1. The molecule has 0 atom stereocenters. The molecule has 1 aliphatic carbocycles. The molecule has 0 radical (unpaired) electrons. The molecule has 23 heavy (non-hydrogen) atoms. The summed E-state index contributed by atoms with van der Waals surface area (Å²) in [6.07, 6.45) is 6.76. The van der Waals surface area contributed by atoms with Crippen molar-refractivity contribution in [2.75, 3.05) is 0 Å². The molecule has 10 heteroatoms. The zero-order valence-corrected chi connectivity index (χ0v) is 12.9. The molecule has 8 nitrogen and oxygen atoms in total. The van der Waals surface area contributed by atoms with E-state index in [4.69, 9.17) is 4.74 Å². The summed E-state index contributed by atoms with van der Waals surface area (Å²) < 4.78 is 49.6. The Kier molecular flexibility index (Phi) is 4.53. The van der Waals surface area contributed by atoms with Crippen molar-refractivity contribution >= 4 is 10.0 Å². The summed E-state index contributed by atoms with van der Waals surface area (Å²) in [4.78, 5) is 7.50. The molecule has 0 amide bonds. The number of sulfonamides is 1. The van der Waals surface area contributed by atoms with Crippen LogP contribution in [0.1, 0.15) is 25.7 Å². The SMILES string of the molecule is O=S(=O)(NC1CCC(Oc2ncc(F)cn2)CC1)c1cnoc1. The molecule has 2 aromatic heterocycles. The van der Waals surface area contributed by atoms with E-state index in [0.717, 1.165) is 24.9 Å². The molecule has 0 aliphatic heterocycles. The lowest BCUT2D eigenvalue weighted by atomic mass is 9.94. The van der Waals surface area contributed by atoms with Crippen LogP contribution >= 0.6 is 0 Å². The van der Waals surface area contributed by atoms with Crippen LogP contribution in [0.5, 0.6) is 6.01 Å². The highest BCUT2D eigenvalue weighted by Gasteiger charge is 2.27. The maximum absolute atomic E-state index is 12.7. The van der Waals surface area contributed by atoms with Gasteiger partial charge in [0.05, 0.1) is 18.6 Å². The van der Waals surface area contributed by atoms with E-state index in [0.29, 0.717) is 25.7 Å². The molecule has 0 bridgehead atoms. The van der Waals surface area contributed by atoms with E-state index < -0.39 is 15.8 Å². The maximum atomic E-state index is 12.7. The molecule has 2 aromatic rings. The zero-order chi connectivity index (χ0) is 16.3. The van der Waals surface area contributed by atoms with E-state index >= 15 is 0 Å². The summed E-state index contributed by atoms with van der Waals surface area (Å²) in [5.41, 5.74) is 0. The largest absolute Gasteiger partial charge is 0.460 e. The van der Waals surface area contributed by atoms with Gasteiger partial charge in [-0.15, -0.1) is 0 Å². The average Bonchev–Trinajstić information content (AvgIpc) is 3.07. The van der Waals surface area contributed by atoms with Gasteiger partial charge in [0.1, 0.15) is 17.3 Å². The van der Waals surface area contributed by atoms with Gasteiger partial charge in [-0.1, -0.05) is 5.16 Å². The van der Waals surface area contributed by atoms with Gasteiger partial charge in [0.15, 0.2) is 5.82 Å². The fraction of sp³-hybridized carbons (Fsp3) is 0.462. The lowest BCUT2D eigenvalue weighted by Crippen LogP contribution is -2.39. The van der Waals surface area contributed by atoms with Crippen LogP contribution in [0.4, 0.5) is 4.39 Å². The van der Waals surface area contributed by atoms with Gasteiger partial charge in [-0.05, 0) is 25.7 Å². The average molecular weight is 342 g/mol. The topological polar surface area (TPSA) is 107 Å². The molecule has 0 saturated heterocycles. The first kappa shape index (κ1) is 15.8. The fourth-order valence-corrected chi connectivity index (χ4v) is 3.59. The predicted molar refractivity (Wildman–Crippen MR) is 75.5 cm³/mol. The summed E-state index contributed by atoms with van der Waals surface area (Å²) in [7, 11) is -3.61. The van der Waals surface area contributed by atoms with E-state index in [1.54, 1.807) is 0 Å². The Bertz CT molecular complexity index is 728. The second-order valence-electron chi connectivity index (χ2n) is 5.26. The minimum absolute atomic E-state index is 0.00980. The van der Waals surface area contributed by atoms with Crippen molar-refractivity contribution in [3.05, 3.63) is 30.7 Å². The van der Waals surface area contributed by atoms with Gasteiger partial charge in [-0.25, -0.2) is 27.5 Å². The molecule has 1 aliphatic rings. The van der Waals surface area contributed by atoms with Crippen LogP contribution in [0, 0.1) is 5.82 Å². The standard InChI is InChI=1S/C13H15FN4O4S/c14-9-5-15-13(16-6-9)22-11-3-1-10(2-4-11)18-23(19,20)12-7-17-21-8-12/h5-8,10-11,18H,1-4H2. The van der Waals surface area contributed by atoms with Gasteiger partial charge in [-0.2, -0.15) is 0 Å². The first-order chi connectivity index (χ1) is 11.0. The van der Waals surface area contributed by atoms with Crippen LogP contribution in [0.25, 0.3) is 0 Å². The highest BCUT2D eigenvalue weighted by molar-refractivity contribution is 7.89. The lowest BCUT2D eigenvalue weighted by molar-refractivity contribution is 0.132. The van der Waals surface area contributed by atoms with Crippen molar-refractivity contribution < 1.29 is 22.1 Å². The Morgan fingerprint density at radius 2 is 1.87 bits per heavy atom. The van der Waals surface area contributed by atoms with Gasteiger partial charge in [0, 0.05) is 6.04 Å². The molecule has 3 rings (SSSR count). The number of aromatic nitrogens is 3. The van der Waals surface area contributed by atoms with Crippen molar-refractivity contribution in [1.29, 1.82) is 0 Å². The number of halogens is 1. The molecule has 2 heterocycles. The molecule has 0 unspecified atom stereocenters. The minimum Gasteiger partial charge on any atom is -0.460 e. The summed E-state index contributed by atoms with van der Waals surface area (Å²) in [6, 6.07) is -0.0520. The molecule has 1 fully saturated rings. The molecule has 124 valence electrons. The molecule has 0 spiro atoms. The quantitative estimate of drug-likeness (QED) is 0.872. The summed E-state index contributed by atoms with van der Waals surface area (Å²) in [5, 5.41) is 3.39. The first-order valence-electron chi connectivity index (χ1n) is 7.09. The highest BCUT2D eigenvalue weighted by atomic mass is 32.2. The second-order valence-corrected chi connectivity index (χ2v) is 6.97. The van der Waals surface area contributed by atoms with Crippen LogP contribution in [0.15, 0.2) is 34.3 Å². The van der Waals surface area contributed by atoms with Crippen molar-refractivity contribution in [2.45, 2.75) is 42.7 Å². The molecule has 1 N–H and O–H groups in total. The Hall–Kier alpha value is -2.07.